The number of hydrogen-bond donors (Lipinski definition) is 2. The zero-order valence-corrected chi connectivity index (χ0v) is 10.6. The number of hydrogen-bond acceptors (Lipinski definition) is 4. The first kappa shape index (κ1) is 12.4. The van der Waals surface area contributed by atoms with Gasteiger partial charge in [0, 0.05) is 0 Å². The Morgan fingerprint density at radius 2 is 2.17 bits per heavy atom. The first-order valence-electron chi connectivity index (χ1n) is 6.00. The van der Waals surface area contributed by atoms with Crippen molar-refractivity contribution in [2.75, 3.05) is 17.2 Å². The van der Waals surface area contributed by atoms with E-state index in [1.807, 2.05) is 26.0 Å². The number of piperazine rings is 1. The molecule has 2 rings (SSSR count). The van der Waals surface area contributed by atoms with Crippen molar-refractivity contribution in [3.05, 3.63) is 23.8 Å². The number of nitrogens with two attached hydrogens (primary N) is 1. The molecule has 1 aliphatic heterocycles. The minimum Gasteiger partial charge on any atom is -0.397 e. The maximum Gasteiger partial charge on any atom is 0.249 e. The van der Waals surface area contributed by atoms with Crippen molar-refractivity contribution in [3.63, 3.8) is 0 Å². The summed E-state index contributed by atoms with van der Waals surface area (Å²) in [6, 6.07) is 5.23. The number of carbonyl (C=O) groups excluding carboxylic acids is 2. The van der Waals surface area contributed by atoms with Gasteiger partial charge < -0.3 is 10.6 Å². The SMILES string of the molecule is CCC1C(=O)NC(=O)CN1c1c(C)cccc1N. The van der Waals surface area contributed by atoms with Crippen LogP contribution in [-0.4, -0.2) is 24.4 Å². The predicted molar refractivity (Wildman–Crippen MR) is 70.2 cm³/mol. The van der Waals surface area contributed by atoms with E-state index in [9.17, 15) is 9.59 Å². The van der Waals surface area contributed by atoms with E-state index >= 15 is 0 Å². The third kappa shape index (κ3) is 2.03. The fraction of sp³-hybridized carbons (Fsp3) is 0.385. The molecule has 0 bridgehead atoms. The molecule has 3 N–H and O–H groups in total. The molecule has 1 atom stereocenters. The lowest BCUT2D eigenvalue weighted by Gasteiger charge is -2.36. The third-order valence-electron chi connectivity index (χ3n) is 3.20. The van der Waals surface area contributed by atoms with E-state index in [-0.39, 0.29) is 24.4 Å². The highest BCUT2D eigenvalue weighted by Gasteiger charge is 2.33. The number of aryl methyl sites for hydroxylation is 1. The third-order valence-corrected chi connectivity index (χ3v) is 3.20. The number of anilines is 2. The van der Waals surface area contributed by atoms with Gasteiger partial charge in [-0.25, -0.2) is 0 Å². The van der Waals surface area contributed by atoms with E-state index in [0.717, 1.165) is 11.3 Å². The van der Waals surface area contributed by atoms with E-state index in [4.69, 9.17) is 5.73 Å². The number of nitrogen functional groups attached to an aromatic ring is 1. The van der Waals surface area contributed by atoms with Gasteiger partial charge >= 0.3 is 0 Å². The first-order valence-corrected chi connectivity index (χ1v) is 6.00. The Morgan fingerprint density at radius 3 is 2.78 bits per heavy atom. The van der Waals surface area contributed by atoms with E-state index < -0.39 is 0 Å². The molecule has 1 aliphatic rings. The Kier molecular flexibility index (Phi) is 3.23. The van der Waals surface area contributed by atoms with Gasteiger partial charge in [0.05, 0.1) is 17.9 Å². The summed E-state index contributed by atoms with van der Waals surface area (Å²) in [5.41, 5.74) is 8.32. The number of amides is 2. The van der Waals surface area contributed by atoms with Crippen LogP contribution in [0.5, 0.6) is 0 Å². The number of rotatable bonds is 2. The van der Waals surface area contributed by atoms with E-state index in [2.05, 4.69) is 5.32 Å². The highest BCUT2D eigenvalue weighted by Crippen LogP contribution is 2.30. The normalized spacial score (nSPS) is 19.9. The molecule has 0 saturated carbocycles. The highest BCUT2D eigenvalue weighted by atomic mass is 16.2. The lowest BCUT2D eigenvalue weighted by Crippen LogP contribution is -2.58. The maximum absolute atomic E-state index is 11.8. The Bertz CT molecular complexity index is 479. The van der Waals surface area contributed by atoms with Gasteiger partial charge in [0.15, 0.2) is 0 Å². The molecule has 1 unspecified atom stereocenters. The van der Waals surface area contributed by atoms with Crippen LogP contribution in [0.25, 0.3) is 0 Å². The quantitative estimate of drug-likeness (QED) is 0.599. The average molecular weight is 247 g/mol. The van der Waals surface area contributed by atoms with Crippen molar-refractivity contribution < 1.29 is 9.59 Å². The average Bonchev–Trinajstić information content (AvgIpc) is 2.28. The molecule has 1 fully saturated rings. The summed E-state index contributed by atoms with van der Waals surface area (Å²) < 4.78 is 0. The number of carbonyl (C=O) groups is 2. The van der Waals surface area contributed by atoms with E-state index in [0.29, 0.717) is 12.1 Å². The molecule has 1 heterocycles. The Morgan fingerprint density at radius 1 is 1.44 bits per heavy atom. The van der Waals surface area contributed by atoms with Crippen LogP contribution in [0.2, 0.25) is 0 Å². The highest BCUT2D eigenvalue weighted by molar-refractivity contribution is 6.05. The molecule has 5 nitrogen and oxygen atoms in total. The van der Waals surface area contributed by atoms with Crippen LogP contribution in [0.1, 0.15) is 18.9 Å². The second-order valence-electron chi connectivity index (χ2n) is 4.48. The van der Waals surface area contributed by atoms with Crippen molar-refractivity contribution in [1.82, 2.24) is 5.32 Å². The molecule has 1 saturated heterocycles. The minimum atomic E-state index is -0.342. The van der Waals surface area contributed by atoms with Crippen molar-refractivity contribution in [1.29, 1.82) is 0 Å². The summed E-state index contributed by atoms with van der Waals surface area (Å²) in [4.78, 5) is 25.2. The first-order chi connectivity index (χ1) is 8.54. The fourth-order valence-electron chi connectivity index (χ4n) is 2.38. The summed E-state index contributed by atoms with van der Waals surface area (Å²) in [6.07, 6.45) is 0.632. The van der Waals surface area contributed by atoms with Gasteiger partial charge in [-0.05, 0) is 25.0 Å². The lowest BCUT2D eigenvalue weighted by molar-refractivity contribution is -0.132. The number of nitrogens with zero attached hydrogens (tertiary/aromatic N) is 1. The molecule has 18 heavy (non-hydrogen) atoms. The van der Waals surface area contributed by atoms with Crippen LogP contribution in [-0.2, 0) is 9.59 Å². The van der Waals surface area contributed by atoms with Gasteiger partial charge in [0.1, 0.15) is 6.04 Å². The standard InChI is InChI=1S/C13H17N3O2/c1-3-10-13(18)15-11(17)7-16(10)12-8(2)5-4-6-9(12)14/h4-6,10H,3,7,14H2,1-2H3,(H,15,17,18). The molecular formula is C13H17N3O2. The van der Waals surface area contributed by atoms with Gasteiger partial charge in [-0.1, -0.05) is 19.1 Å². The summed E-state index contributed by atoms with van der Waals surface area (Å²) in [7, 11) is 0. The monoisotopic (exact) mass is 247 g/mol. The van der Waals surface area contributed by atoms with E-state index in [1.165, 1.54) is 0 Å². The van der Waals surface area contributed by atoms with Crippen LogP contribution >= 0.6 is 0 Å². The molecule has 5 heteroatoms. The lowest BCUT2D eigenvalue weighted by atomic mass is 10.0. The van der Waals surface area contributed by atoms with Crippen molar-refractivity contribution in [3.8, 4) is 0 Å². The topological polar surface area (TPSA) is 75.4 Å². The zero-order chi connectivity index (χ0) is 13.3. The number of nitrogens with one attached hydrogen (secondary N) is 1. The Hall–Kier alpha value is -2.04. The Labute approximate surface area is 106 Å². The van der Waals surface area contributed by atoms with Crippen molar-refractivity contribution >= 4 is 23.2 Å². The number of imide groups is 1. The molecular weight excluding hydrogens is 230 g/mol. The van der Waals surface area contributed by atoms with Crippen LogP contribution in [0.3, 0.4) is 0 Å². The molecule has 1 aromatic carbocycles. The van der Waals surface area contributed by atoms with Crippen LogP contribution < -0.4 is 16.0 Å². The summed E-state index contributed by atoms with van der Waals surface area (Å²) >= 11 is 0. The summed E-state index contributed by atoms with van der Waals surface area (Å²) in [5.74, 6) is -0.538. The summed E-state index contributed by atoms with van der Waals surface area (Å²) in [6.45, 7) is 4.01. The largest absolute Gasteiger partial charge is 0.397 e. The minimum absolute atomic E-state index is 0.166. The van der Waals surface area contributed by atoms with Gasteiger partial charge in [0.25, 0.3) is 0 Å². The van der Waals surface area contributed by atoms with Gasteiger partial charge in [-0.15, -0.1) is 0 Å². The molecule has 1 aromatic rings. The maximum atomic E-state index is 11.8. The fourth-order valence-corrected chi connectivity index (χ4v) is 2.38. The number of para-hydroxylation sites is 1. The van der Waals surface area contributed by atoms with Gasteiger partial charge in [-0.3, -0.25) is 14.9 Å². The zero-order valence-electron chi connectivity index (χ0n) is 10.6. The van der Waals surface area contributed by atoms with E-state index in [1.54, 1.807) is 11.0 Å². The van der Waals surface area contributed by atoms with Crippen molar-refractivity contribution in [2.24, 2.45) is 0 Å². The number of benzene rings is 1. The molecule has 0 spiro atoms. The second-order valence-corrected chi connectivity index (χ2v) is 4.48. The van der Waals surface area contributed by atoms with Gasteiger partial charge in [0.2, 0.25) is 11.8 Å². The predicted octanol–water partition coefficient (Wildman–Crippen LogP) is 0.819. The molecule has 0 aliphatic carbocycles. The molecule has 0 radical (unpaired) electrons. The Balaban J connectivity index is 2.46. The summed E-state index contributed by atoms with van der Waals surface area (Å²) in [5, 5.41) is 2.36. The van der Waals surface area contributed by atoms with Gasteiger partial charge in [-0.2, -0.15) is 0 Å². The molecule has 96 valence electrons. The van der Waals surface area contributed by atoms with Crippen molar-refractivity contribution in [2.45, 2.75) is 26.3 Å². The van der Waals surface area contributed by atoms with Crippen LogP contribution in [0.15, 0.2) is 18.2 Å². The second kappa shape index (κ2) is 4.68. The van der Waals surface area contributed by atoms with Crippen LogP contribution in [0.4, 0.5) is 11.4 Å². The molecule has 2 amide bonds. The smallest absolute Gasteiger partial charge is 0.249 e. The molecule has 0 aromatic heterocycles. The van der Waals surface area contributed by atoms with Crippen LogP contribution in [0, 0.1) is 6.92 Å².